The Labute approximate surface area is 110 Å². The normalized spacial score (nSPS) is 9.83. The molecule has 0 spiro atoms. The summed E-state index contributed by atoms with van der Waals surface area (Å²) in [6, 6.07) is 0. The molecule has 0 aromatic carbocycles. The maximum absolute atomic E-state index is 10.5. The second kappa shape index (κ2) is 13.9. The van der Waals surface area contributed by atoms with Crippen LogP contribution in [0.15, 0.2) is 0 Å². The van der Waals surface area contributed by atoms with Crippen LogP contribution in [0.1, 0.15) is 71.1 Å². The van der Waals surface area contributed by atoms with Crippen LogP contribution in [0.4, 0.5) is 0 Å². The zero-order valence-corrected chi connectivity index (χ0v) is 11.6. The maximum Gasteiger partial charge on any atom is 0.302 e. The third-order valence-electron chi connectivity index (χ3n) is 2.86. The smallest absolute Gasteiger partial charge is 0.302 e. The Balaban J connectivity index is 2.98. The molecule has 0 aliphatic carbocycles. The molecule has 104 valence electrons. The van der Waals surface area contributed by atoms with Crippen LogP contribution >= 0.6 is 0 Å². The molecule has 0 atom stereocenters. The number of hydrogen-bond donors (Lipinski definition) is 0. The number of esters is 1. The van der Waals surface area contributed by atoms with Gasteiger partial charge < -0.3 is 10.3 Å². The molecule has 4 nitrogen and oxygen atoms in total. The van der Waals surface area contributed by atoms with E-state index in [0.29, 0.717) is 6.61 Å². The summed E-state index contributed by atoms with van der Waals surface area (Å²) in [5.41, 5.74) is 8.20. The van der Waals surface area contributed by atoms with Gasteiger partial charge in [-0.25, -0.2) is 0 Å². The predicted molar refractivity (Wildman–Crippen MR) is 72.5 cm³/mol. The van der Waals surface area contributed by atoms with E-state index in [4.69, 9.17) is 10.3 Å². The third-order valence-corrected chi connectivity index (χ3v) is 2.86. The number of unbranched alkanes of at least 4 members (excludes halogenated alkanes) is 9. The number of carbonyl (C=O) groups is 1. The number of ether oxygens (including phenoxy) is 1. The summed E-state index contributed by atoms with van der Waals surface area (Å²) in [4.78, 5) is 13.5. The quantitative estimate of drug-likeness (QED) is 0.175. The van der Waals surface area contributed by atoms with Crippen LogP contribution in [0, 0.1) is 0 Å². The molecule has 4 heteroatoms. The average Bonchev–Trinajstić information content (AvgIpc) is 2.34. The van der Waals surface area contributed by atoms with Crippen molar-refractivity contribution in [3.63, 3.8) is 0 Å². The van der Waals surface area contributed by atoms with Gasteiger partial charge in [0.1, 0.15) is 0 Å². The number of hydrogen-bond acceptors (Lipinski definition) is 2. The summed E-state index contributed by atoms with van der Waals surface area (Å²) in [5.74, 6) is -0.179. The fourth-order valence-electron chi connectivity index (χ4n) is 1.85. The molecule has 0 saturated heterocycles. The molecule has 0 saturated carbocycles. The van der Waals surface area contributed by atoms with E-state index in [0.717, 1.165) is 25.7 Å². The maximum atomic E-state index is 10.5. The highest BCUT2D eigenvalue weighted by molar-refractivity contribution is 5.65. The highest BCUT2D eigenvalue weighted by Gasteiger charge is 1.95. The van der Waals surface area contributed by atoms with E-state index in [-0.39, 0.29) is 5.97 Å². The molecule has 0 aromatic rings. The van der Waals surface area contributed by atoms with Gasteiger partial charge in [0.2, 0.25) is 0 Å². The molecule has 0 aromatic heterocycles. The van der Waals surface area contributed by atoms with Gasteiger partial charge in [0.05, 0.1) is 6.61 Å². The summed E-state index contributed by atoms with van der Waals surface area (Å²) >= 11 is 0. The van der Waals surface area contributed by atoms with Crippen molar-refractivity contribution in [2.24, 2.45) is 0 Å². The van der Waals surface area contributed by atoms with Gasteiger partial charge in [-0.1, -0.05) is 44.9 Å². The number of carbonyl (C=O) groups excluding carboxylic acids is 1. The van der Waals surface area contributed by atoms with Crippen molar-refractivity contribution in [3.05, 3.63) is 5.53 Å². The highest BCUT2D eigenvalue weighted by atomic mass is 16.5. The lowest BCUT2D eigenvalue weighted by Gasteiger charge is -2.02. The van der Waals surface area contributed by atoms with Crippen molar-refractivity contribution in [1.82, 2.24) is 0 Å². The summed E-state index contributed by atoms with van der Waals surface area (Å²) in [6.45, 7) is 2.02. The first-order valence-electron chi connectivity index (χ1n) is 7.06. The van der Waals surface area contributed by atoms with Crippen LogP contribution in [-0.2, 0) is 9.53 Å². The zero-order valence-electron chi connectivity index (χ0n) is 11.6. The van der Waals surface area contributed by atoms with Crippen molar-refractivity contribution in [2.45, 2.75) is 71.1 Å². The van der Waals surface area contributed by atoms with Gasteiger partial charge in [-0.05, 0) is 12.8 Å². The topological polar surface area (TPSA) is 62.7 Å². The fourth-order valence-corrected chi connectivity index (χ4v) is 1.85. The third kappa shape index (κ3) is 14.9. The molecular weight excluding hydrogens is 228 g/mol. The second-order valence-electron chi connectivity index (χ2n) is 4.61. The molecule has 0 aliphatic rings. The summed E-state index contributed by atoms with van der Waals surface area (Å²) in [7, 11) is 0. The summed E-state index contributed by atoms with van der Waals surface area (Å²) in [6.07, 6.45) is 13.3. The Morgan fingerprint density at radius 3 is 2.00 bits per heavy atom. The van der Waals surface area contributed by atoms with Gasteiger partial charge in [0, 0.05) is 13.3 Å². The lowest BCUT2D eigenvalue weighted by molar-refractivity contribution is -0.141. The molecule has 0 aliphatic heterocycles. The average molecular weight is 254 g/mol. The number of nitrogens with zero attached hydrogens (tertiary/aromatic N) is 2. The zero-order chi connectivity index (χ0) is 13.5. The Bertz CT molecular complexity index is 236. The van der Waals surface area contributed by atoms with E-state index in [1.54, 1.807) is 6.21 Å². The van der Waals surface area contributed by atoms with E-state index in [2.05, 4.69) is 4.79 Å². The highest BCUT2D eigenvalue weighted by Crippen LogP contribution is 2.10. The first-order chi connectivity index (χ1) is 8.77. The minimum Gasteiger partial charge on any atom is -0.466 e. The minimum atomic E-state index is -0.179. The molecule has 18 heavy (non-hydrogen) atoms. The van der Waals surface area contributed by atoms with E-state index < -0.39 is 0 Å². The Hall–Kier alpha value is -1.15. The summed E-state index contributed by atoms with van der Waals surface area (Å²) in [5, 5.41) is 0. The van der Waals surface area contributed by atoms with Crippen LogP contribution < -0.4 is 0 Å². The Morgan fingerprint density at radius 1 is 1.00 bits per heavy atom. The molecule has 0 rings (SSSR count). The lowest BCUT2D eigenvalue weighted by Crippen LogP contribution is -2.00. The minimum absolute atomic E-state index is 0.179. The van der Waals surface area contributed by atoms with Crippen LogP contribution in [0.5, 0.6) is 0 Å². The van der Waals surface area contributed by atoms with Crippen molar-refractivity contribution >= 4 is 12.2 Å². The standard InChI is InChI=1S/C14H26N2O2/c1-14(17)18-13-11-9-7-5-3-2-4-6-8-10-12-16-15/h12H,2-11,13H2,1H3. The summed E-state index contributed by atoms with van der Waals surface area (Å²) < 4.78 is 4.87. The van der Waals surface area contributed by atoms with Crippen molar-refractivity contribution in [3.8, 4) is 0 Å². The van der Waals surface area contributed by atoms with Crippen LogP contribution in [0.25, 0.3) is 5.53 Å². The fraction of sp³-hybridized carbons (Fsp3) is 0.857. The van der Waals surface area contributed by atoms with Gasteiger partial charge in [-0.15, -0.1) is 0 Å². The predicted octanol–water partition coefficient (Wildman–Crippen LogP) is 3.75. The van der Waals surface area contributed by atoms with Crippen LogP contribution in [0.2, 0.25) is 0 Å². The van der Waals surface area contributed by atoms with Gasteiger partial charge >= 0.3 is 5.97 Å². The van der Waals surface area contributed by atoms with Crippen LogP contribution in [-0.4, -0.2) is 23.6 Å². The molecule has 0 bridgehead atoms. The molecular formula is C14H26N2O2. The Kier molecular flexibility index (Phi) is 13.0. The van der Waals surface area contributed by atoms with Gasteiger partial charge in [-0.2, -0.15) is 4.79 Å². The first kappa shape index (κ1) is 16.9. The molecule has 0 fully saturated rings. The van der Waals surface area contributed by atoms with E-state index in [1.165, 1.54) is 45.4 Å². The molecule has 0 amide bonds. The lowest BCUT2D eigenvalue weighted by atomic mass is 10.1. The SMILES string of the molecule is CC(=O)OCCCCCCCCCCCC=[N+]=[N-]. The van der Waals surface area contributed by atoms with E-state index in [1.807, 2.05) is 0 Å². The van der Waals surface area contributed by atoms with Gasteiger partial charge in [0.25, 0.3) is 6.21 Å². The van der Waals surface area contributed by atoms with Crippen molar-refractivity contribution in [2.75, 3.05) is 6.61 Å². The molecule has 0 radical (unpaired) electrons. The monoisotopic (exact) mass is 254 g/mol. The van der Waals surface area contributed by atoms with Crippen molar-refractivity contribution < 1.29 is 14.3 Å². The first-order valence-corrected chi connectivity index (χ1v) is 7.06. The molecule has 0 unspecified atom stereocenters. The van der Waals surface area contributed by atoms with E-state index in [9.17, 15) is 4.79 Å². The molecule has 0 N–H and O–H groups in total. The Morgan fingerprint density at radius 2 is 1.50 bits per heavy atom. The van der Waals surface area contributed by atoms with E-state index >= 15 is 0 Å². The van der Waals surface area contributed by atoms with Crippen molar-refractivity contribution in [1.29, 1.82) is 0 Å². The van der Waals surface area contributed by atoms with Gasteiger partial charge in [-0.3, -0.25) is 4.79 Å². The van der Waals surface area contributed by atoms with Gasteiger partial charge in [0.15, 0.2) is 0 Å². The largest absolute Gasteiger partial charge is 0.466 e. The van der Waals surface area contributed by atoms with Crippen LogP contribution in [0.3, 0.4) is 0 Å². The second-order valence-corrected chi connectivity index (χ2v) is 4.61. The number of rotatable bonds is 12. The molecule has 0 heterocycles.